The predicted octanol–water partition coefficient (Wildman–Crippen LogP) is 3.53. The second kappa shape index (κ2) is 6.77. The molecule has 0 aliphatic heterocycles. The molecule has 0 saturated carbocycles. The van der Waals surface area contributed by atoms with Crippen LogP contribution in [-0.2, 0) is 6.42 Å². The van der Waals surface area contributed by atoms with Gasteiger partial charge in [-0.25, -0.2) is 0 Å². The van der Waals surface area contributed by atoms with Crippen LogP contribution in [-0.4, -0.2) is 5.91 Å². The summed E-state index contributed by atoms with van der Waals surface area (Å²) in [6.07, 6.45) is 0.634. The summed E-state index contributed by atoms with van der Waals surface area (Å²) in [6, 6.07) is 15.0. The van der Waals surface area contributed by atoms with Crippen LogP contribution in [0.3, 0.4) is 0 Å². The van der Waals surface area contributed by atoms with Gasteiger partial charge in [-0.05, 0) is 55.7 Å². The lowest BCUT2D eigenvalue weighted by atomic mass is 10.0. The zero-order valence-corrected chi connectivity index (χ0v) is 12.8. The molecule has 0 bridgehead atoms. The highest BCUT2D eigenvalue weighted by atomic mass is 16.1. The van der Waals surface area contributed by atoms with Crippen LogP contribution in [0, 0.1) is 24.2 Å². The molecule has 2 aromatic rings. The van der Waals surface area contributed by atoms with Crippen LogP contribution in [0.4, 0.5) is 11.4 Å². The van der Waals surface area contributed by atoms with Gasteiger partial charge in [0.15, 0.2) is 0 Å². The number of nitrogens with zero attached hydrogens (tertiary/aromatic N) is 1. The molecule has 0 spiro atoms. The zero-order chi connectivity index (χ0) is 16.1. The first-order chi connectivity index (χ1) is 10.5. The lowest BCUT2D eigenvalue weighted by molar-refractivity contribution is 0.102. The number of nitrogens with two attached hydrogens (primary N) is 1. The minimum atomic E-state index is -0.185. The normalized spacial score (nSPS) is 11.5. The smallest absolute Gasteiger partial charge is 0.255 e. The highest BCUT2D eigenvalue weighted by molar-refractivity contribution is 6.04. The fraction of sp³-hybridized carbons (Fsp3) is 0.222. The third-order valence-corrected chi connectivity index (χ3v) is 3.49. The Balaban J connectivity index is 2.14. The Morgan fingerprint density at radius 2 is 2.09 bits per heavy atom. The van der Waals surface area contributed by atoms with Gasteiger partial charge < -0.3 is 11.1 Å². The molecular formula is C18H19N3O. The molecular weight excluding hydrogens is 274 g/mol. The largest absolute Gasteiger partial charge is 0.398 e. The van der Waals surface area contributed by atoms with Crippen LogP contribution in [0.25, 0.3) is 0 Å². The number of amides is 1. The van der Waals surface area contributed by atoms with Crippen molar-refractivity contribution in [3.8, 4) is 6.07 Å². The number of nitrogens with one attached hydrogen (secondary N) is 1. The minimum Gasteiger partial charge on any atom is -0.398 e. The number of aryl methyl sites for hydroxylation is 1. The van der Waals surface area contributed by atoms with E-state index in [4.69, 9.17) is 11.0 Å². The molecule has 2 aromatic carbocycles. The summed E-state index contributed by atoms with van der Waals surface area (Å²) in [4.78, 5) is 12.3. The molecule has 0 heterocycles. The van der Waals surface area contributed by atoms with Gasteiger partial charge in [0, 0.05) is 22.9 Å². The fourth-order valence-corrected chi connectivity index (χ4v) is 2.16. The van der Waals surface area contributed by atoms with Gasteiger partial charge in [0.05, 0.1) is 6.07 Å². The van der Waals surface area contributed by atoms with Crippen molar-refractivity contribution < 1.29 is 4.79 Å². The van der Waals surface area contributed by atoms with Crippen LogP contribution >= 0.6 is 0 Å². The summed E-state index contributed by atoms with van der Waals surface area (Å²) in [5.74, 6) is -0.259. The number of hydrogen-bond donors (Lipinski definition) is 2. The van der Waals surface area contributed by atoms with Crippen molar-refractivity contribution in [2.45, 2.75) is 20.3 Å². The van der Waals surface area contributed by atoms with E-state index in [0.717, 1.165) is 11.1 Å². The Kier molecular flexibility index (Phi) is 4.80. The standard InChI is InChI=1S/C18H19N3O/c1-12(11-19)8-14-4-3-5-15(9-14)18(22)21-16-7-6-13(2)17(20)10-16/h3-7,9-10,12H,8,20H2,1-2H3,(H,21,22). The van der Waals surface area contributed by atoms with E-state index in [1.165, 1.54) is 0 Å². The number of carbonyl (C=O) groups excluding carboxylic acids is 1. The van der Waals surface area contributed by atoms with Crippen molar-refractivity contribution >= 4 is 17.3 Å². The van der Waals surface area contributed by atoms with E-state index in [1.807, 2.05) is 44.2 Å². The monoisotopic (exact) mass is 293 g/mol. The molecule has 0 aliphatic rings. The number of hydrogen-bond acceptors (Lipinski definition) is 3. The molecule has 2 rings (SSSR count). The van der Waals surface area contributed by atoms with Crippen molar-refractivity contribution in [2.24, 2.45) is 5.92 Å². The van der Waals surface area contributed by atoms with E-state index >= 15 is 0 Å². The van der Waals surface area contributed by atoms with Crippen LogP contribution in [0.1, 0.15) is 28.4 Å². The Bertz CT molecular complexity index is 731. The summed E-state index contributed by atoms with van der Waals surface area (Å²) >= 11 is 0. The number of benzene rings is 2. The van der Waals surface area contributed by atoms with E-state index in [0.29, 0.717) is 23.4 Å². The third kappa shape index (κ3) is 3.86. The predicted molar refractivity (Wildman–Crippen MR) is 88.5 cm³/mol. The van der Waals surface area contributed by atoms with Gasteiger partial charge in [0.25, 0.3) is 5.91 Å². The van der Waals surface area contributed by atoms with Gasteiger partial charge in [0.2, 0.25) is 0 Å². The van der Waals surface area contributed by atoms with Gasteiger partial charge in [-0.2, -0.15) is 5.26 Å². The van der Waals surface area contributed by atoms with E-state index in [1.54, 1.807) is 12.1 Å². The summed E-state index contributed by atoms with van der Waals surface area (Å²) < 4.78 is 0. The van der Waals surface area contributed by atoms with Gasteiger partial charge in [-0.1, -0.05) is 18.2 Å². The highest BCUT2D eigenvalue weighted by Gasteiger charge is 2.09. The van der Waals surface area contributed by atoms with E-state index in [-0.39, 0.29) is 11.8 Å². The summed E-state index contributed by atoms with van der Waals surface area (Å²) in [6.45, 7) is 3.78. The molecule has 1 unspecified atom stereocenters. The molecule has 112 valence electrons. The molecule has 4 nitrogen and oxygen atoms in total. The third-order valence-electron chi connectivity index (χ3n) is 3.49. The molecule has 1 amide bonds. The van der Waals surface area contributed by atoms with Crippen molar-refractivity contribution in [3.63, 3.8) is 0 Å². The molecule has 0 aromatic heterocycles. The van der Waals surface area contributed by atoms with Crippen molar-refractivity contribution in [1.29, 1.82) is 5.26 Å². The molecule has 0 radical (unpaired) electrons. The summed E-state index contributed by atoms with van der Waals surface area (Å²) in [5, 5.41) is 11.7. The number of anilines is 2. The van der Waals surface area contributed by atoms with E-state index in [9.17, 15) is 4.79 Å². The number of carbonyl (C=O) groups is 1. The number of nitrogen functional groups attached to an aromatic ring is 1. The molecule has 3 N–H and O–H groups in total. The average molecular weight is 293 g/mol. The highest BCUT2D eigenvalue weighted by Crippen LogP contribution is 2.18. The Morgan fingerprint density at radius 3 is 2.77 bits per heavy atom. The van der Waals surface area contributed by atoms with Gasteiger partial charge in [0.1, 0.15) is 0 Å². The Labute approximate surface area is 130 Å². The summed E-state index contributed by atoms with van der Waals surface area (Å²) in [7, 11) is 0. The van der Waals surface area contributed by atoms with Crippen molar-refractivity contribution in [2.75, 3.05) is 11.1 Å². The molecule has 0 aliphatic carbocycles. The molecule has 0 fully saturated rings. The second-order valence-corrected chi connectivity index (χ2v) is 5.46. The second-order valence-electron chi connectivity index (χ2n) is 5.46. The quantitative estimate of drug-likeness (QED) is 0.846. The number of rotatable bonds is 4. The maximum absolute atomic E-state index is 12.3. The minimum absolute atomic E-state index is 0.0739. The first kappa shape index (κ1) is 15.6. The first-order valence-electron chi connectivity index (χ1n) is 7.15. The van der Waals surface area contributed by atoms with Gasteiger partial charge >= 0.3 is 0 Å². The van der Waals surface area contributed by atoms with Crippen LogP contribution in [0.15, 0.2) is 42.5 Å². The van der Waals surface area contributed by atoms with Crippen LogP contribution < -0.4 is 11.1 Å². The van der Waals surface area contributed by atoms with Crippen molar-refractivity contribution in [3.05, 3.63) is 59.2 Å². The fourth-order valence-electron chi connectivity index (χ4n) is 2.16. The number of nitriles is 1. The first-order valence-corrected chi connectivity index (χ1v) is 7.15. The van der Waals surface area contributed by atoms with E-state index < -0.39 is 0 Å². The zero-order valence-electron chi connectivity index (χ0n) is 12.8. The maximum atomic E-state index is 12.3. The van der Waals surface area contributed by atoms with Gasteiger partial charge in [-0.15, -0.1) is 0 Å². The van der Waals surface area contributed by atoms with E-state index in [2.05, 4.69) is 11.4 Å². The molecule has 1 atom stereocenters. The van der Waals surface area contributed by atoms with Gasteiger partial charge in [-0.3, -0.25) is 4.79 Å². The summed E-state index contributed by atoms with van der Waals surface area (Å²) in [5.41, 5.74) is 9.69. The lowest BCUT2D eigenvalue weighted by Gasteiger charge is -2.09. The van der Waals surface area contributed by atoms with Crippen LogP contribution in [0.5, 0.6) is 0 Å². The average Bonchev–Trinajstić information content (AvgIpc) is 2.51. The lowest BCUT2D eigenvalue weighted by Crippen LogP contribution is -2.12. The van der Waals surface area contributed by atoms with Crippen LogP contribution in [0.2, 0.25) is 0 Å². The SMILES string of the molecule is Cc1ccc(NC(=O)c2cccc(CC(C)C#N)c2)cc1N. The molecule has 22 heavy (non-hydrogen) atoms. The van der Waals surface area contributed by atoms with Crippen molar-refractivity contribution in [1.82, 2.24) is 0 Å². The Morgan fingerprint density at radius 1 is 1.32 bits per heavy atom. The molecule has 0 saturated heterocycles. The Hall–Kier alpha value is -2.80. The molecule has 4 heteroatoms. The maximum Gasteiger partial charge on any atom is 0.255 e. The topological polar surface area (TPSA) is 78.9 Å².